The van der Waals surface area contributed by atoms with Gasteiger partial charge in [-0.2, -0.15) is 0 Å². The SMILES string of the molecule is C/C(=N\N=N/N)c1ccc(C)cc1. The molecule has 0 saturated heterocycles. The summed E-state index contributed by atoms with van der Waals surface area (Å²) in [5.74, 6) is 4.83. The molecule has 0 spiro atoms. The van der Waals surface area contributed by atoms with Crippen molar-refractivity contribution in [1.29, 1.82) is 0 Å². The van der Waals surface area contributed by atoms with Crippen LogP contribution in [0.5, 0.6) is 0 Å². The van der Waals surface area contributed by atoms with Gasteiger partial charge in [0, 0.05) is 0 Å². The van der Waals surface area contributed by atoms with Crippen LogP contribution in [0.3, 0.4) is 0 Å². The van der Waals surface area contributed by atoms with Gasteiger partial charge in [0.2, 0.25) is 0 Å². The number of hydrogen-bond donors (Lipinski definition) is 1. The van der Waals surface area contributed by atoms with Gasteiger partial charge >= 0.3 is 0 Å². The van der Waals surface area contributed by atoms with Gasteiger partial charge in [0.1, 0.15) is 0 Å². The van der Waals surface area contributed by atoms with Gasteiger partial charge in [-0.15, -0.1) is 5.10 Å². The van der Waals surface area contributed by atoms with Gasteiger partial charge in [0.15, 0.2) is 0 Å². The zero-order valence-electron chi connectivity index (χ0n) is 7.73. The average molecular weight is 176 g/mol. The third-order valence-corrected chi connectivity index (χ3v) is 1.72. The van der Waals surface area contributed by atoms with Crippen molar-refractivity contribution in [3.63, 3.8) is 0 Å². The first kappa shape index (κ1) is 9.38. The van der Waals surface area contributed by atoms with Crippen LogP contribution in [0.25, 0.3) is 0 Å². The molecule has 2 N–H and O–H groups in total. The van der Waals surface area contributed by atoms with Crippen LogP contribution in [-0.4, -0.2) is 5.71 Å². The Morgan fingerprint density at radius 1 is 1.23 bits per heavy atom. The zero-order valence-corrected chi connectivity index (χ0v) is 7.73. The highest BCUT2D eigenvalue weighted by atomic mass is 15.5. The number of rotatable bonds is 2. The Morgan fingerprint density at radius 3 is 2.38 bits per heavy atom. The molecule has 0 radical (unpaired) electrons. The third kappa shape index (κ3) is 2.66. The number of hydrogen-bond acceptors (Lipinski definition) is 2. The van der Waals surface area contributed by atoms with Crippen LogP contribution < -0.4 is 5.84 Å². The summed E-state index contributed by atoms with van der Waals surface area (Å²) in [4.78, 5) is 0. The molecule has 0 fully saturated rings. The standard InChI is InChI=1S/C9H12N4/c1-7-3-5-9(6-4-7)8(2)11-13-12-10/h3-6H,1-2H3,(H2,10,13)/b11-8+. The molecule has 0 atom stereocenters. The Labute approximate surface area is 77.1 Å². The lowest BCUT2D eigenvalue weighted by molar-refractivity contribution is 0.955. The minimum absolute atomic E-state index is 0.800. The van der Waals surface area contributed by atoms with Gasteiger partial charge < -0.3 is 5.84 Å². The monoisotopic (exact) mass is 176 g/mol. The second-order valence-electron chi connectivity index (χ2n) is 2.76. The summed E-state index contributed by atoms with van der Waals surface area (Å²) in [5, 5.41) is 10.2. The lowest BCUT2D eigenvalue weighted by Gasteiger charge is -1.97. The topological polar surface area (TPSA) is 63.1 Å². The minimum atomic E-state index is 0.800. The van der Waals surface area contributed by atoms with Crippen LogP contribution in [0.4, 0.5) is 0 Å². The molecule has 1 aromatic rings. The number of nitrogens with two attached hydrogens (primary N) is 1. The van der Waals surface area contributed by atoms with E-state index in [-0.39, 0.29) is 0 Å². The van der Waals surface area contributed by atoms with Crippen LogP contribution in [0, 0.1) is 6.92 Å². The zero-order chi connectivity index (χ0) is 9.68. The predicted molar refractivity (Wildman–Crippen MR) is 52.4 cm³/mol. The van der Waals surface area contributed by atoms with Crippen LogP contribution >= 0.6 is 0 Å². The van der Waals surface area contributed by atoms with Gasteiger partial charge in [-0.25, -0.2) is 0 Å². The van der Waals surface area contributed by atoms with E-state index in [0.717, 1.165) is 11.3 Å². The Bertz CT molecular complexity index is 324. The van der Waals surface area contributed by atoms with Crippen molar-refractivity contribution in [1.82, 2.24) is 0 Å². The highest BCUT2D eigenvalue weighted by molar-refractivity contribution is 5.98. The average Bonchev–Trinajstić information content (AvgIpc) is 2.15. The lowest BCUT2D eigenvalue weighted by Crippen LogP contribution is -1.93. The van der Waals surface area contributed by atoms with Gasteiger partial charge in [-0.05, 0) is 24.6 Å². The molecule has 0 amide bonds. The van der Waals surface area contributed by atoms with E-state index in [1.54, 1.807) is 0 Å². The van der Waals surface area contributed by atoms with E-state index in [1.165, 1.54) is 5.56 Å². The molecule has 0 heterocycles. The highest BCUT2D eigenvalue weighted by Gasteiger charge is 1.95. The second kappa shape index (κ2) is 4.35. The fourth-order valence-electron chi connectivity index (χ4n) is 0.945. The number of benzene rings is 1. The van der Waals surface area contributed by atoms with Crippen molar-refractivity contribution < 1.29 is 0 Å². The molecule has 0 saturated carbocycles. The van der Waals surface area contributed by atoms with Crippen molar-refractivity contribution in [2.24, 2.45) is 21.4 Å². The summed E-state index contributed by atoms with van der Waals surface area (Å²) < 4.78 is 0. The molecule has 68 valence electrons. The van der Waals surface area contributed by atoms with Crippen molar-refractivity contribution >= 4 is 5.71 Å². The van der Waals surface area contributed by atoms with Gasteiger partial charge in [-0.1, -0.05) is 35.1 Å². The van der Waals surface area contributed by atoms with E-state index in [1.807, 2.05) is 38.1 Å². The fourth-order valence-corrected chi connectivity index (χ4v) is 0.945. The maximum absolute atomic E-state index is 4.83. The van der Waals surface area contributed by atoms with E-state index >= 15 is 0 Å². The second-order valence-corrected chi connectivity index (χ2v) is 2.76. The summed E-state index contributed by atoms with van der Waals surface area (Å²) in [6.07, 6.45) is 0. The number of nitrogens with zero attached hydrogens (tertiary/aromatic N) is 3. The highest BCUT2D eigenvalue weighted by Crippen LogP contribution is 2.04. The largest absolute Gasteiger partial charge is 0.303 e. The third-order valence-electron chi connectivity index (χ3n) is 1.72. The summed E-state index contributed by atoms with van der Waals surface area (Å²) in [7, 11) is 0. The molecule has 0 aliphatic heterocycles. The van der Waals surface area contributed by atoms with Crippen LogP contribution in [0.2, 0.25) is 0 Å². The molecule has 0 aliphatic carbocycles. The van der Waals surface area contributed by atoms with E-state index in [4.69, 9.17) is 5.84 Å². The van der Waals surface area contributed by atoms with Crippen molar-refractivity contribution in [3.8, 4) is 0 Å². The minimum Gasteiger partial charge on any atom is -0.303 e. The predicted octanol–water partition coefficient (Wildman–Crippen LogP) is 2.04. The summed E-state index contributed by atoms with van der Waals surface area (Å²) in [6, 6.07) is 8.02. The van der Waals surface area contributed by atoms with Crippen molar-refractivity contribution in [3.05, 3.63) is 35.4 Å². The van der Waals surface area contributed by atoms with Crippen LogP contribution in [0.15, 0.2) is 39.8 Å². The molecule has 0 bridgehead atoms. The van der Waals surface area contributed by atoms with Crippen LogP contribution in [0.1, 0.15) is 18.1 Å². The molecule has 4 nitrogen and oxygen atoms in total. The Balaban J connectivity index is 2.89. The lowest BCUT2D eigenvalue weighted by atomic mass is 10.1. The first-order valence-corrected chi connectivity index (χ1v) is 3.95. The van der Waals surface area contributed by atoms with Gasteiger partial charge in [-0.3, -0.25) is 0 Å². The summed E-state index contributed by atoms with van der Waals surface area (Å²) >= 11 is 0. The first-order valence-electron chi connectivity index (χ1n) is 3.95. The Hall–Kier alpha value is -1.71. The van der Waals surface area contributed by atoms with Crippen LogP contribution in [-0.2, 0) is 0 Å². The maximum atomic E-state index is 4.83. The first-order chi connectivity index (χ1) is 6.24. The molecule has 0 aliphatic rings. The smallest absolute Gasteiger partial charge is 0.0690 e. The molecular weight excluding hydrogens is 164 g/mol. The van der Waals surface area contributed by atoms with Gasteiger partial charge in [0.05, 0.1) is 5.71 Å². The Kier molecular flexibility index (Phi) is 3.14. The van der Waals surface area contributed by atoms with E-state index in [9.17, 15) is 0 Å². The molecule has 13 heavy (non-hydrogen) atoms. The summed E-state index contributed by atoms with van der Waals surface area (Å²) in [5.41, 5.74) is 3.05. The molecule has 4 heteroatoms. The van der Waals surface area contributed by atoms with Crippen molar-refractivity contribution in [2.45, 2.75) is 13.8 Å². The molecule has 0 unspecified atom stereocenters. The van der Waals surface area contributed by atoms with Gasteiger partial charge in [0.25, 0.3) is 0 Å². The van der Waals surface area contributed by atoms with E-state index < -0.39 is 0 Å². The molecule has 1 rings (SSSR count). The number of aryl methyl sites for hydroxylation is 1. The van der Waals surface area contributed by atoms with E-state index in [2.05, 4.69) is 15.5 Å². The molecule has 1 aromatic carbocycles. The van der Waals surface area contributed by atoms with Crippen molar-refractivity contribution in [2.75, 3.05) is 0 Å². The maximum Gasteiger partial charge on any atom is 0.0690 e. The fraction of sp³-hybridized carbons (Fsp3) is 0.222. The van der Waals surface area contributed by atoms with E-state index in [0.29, 0.717) is 0 Å². The Morgan fingerprint density at radius 2 is 1.85 bits per heavy atom. The quantitative estimate of drug-likeness (QED) is 0.318. The molecular formula is C9H12N4. The summed E-state index contributed by atoms with van der Waals surface area (Å²) in [6.45, 7) is 3.90. The normalized spacial score (nSPS) is 12.3. The molecule has 0 aromatic heterocycles.